The fourth-order valence-corrected chi connectivity index (χ4v) is 6.84. The van der Waals surface area contributed by atoms with Gasteiger partial charge in [-0.1, -0.05) is 30.3 Å². The number of aliphatic hydroxyl groups is 1. The largest absolute Gasteiger partial charge is 0.573 e. The number of alkyl halides is 3. The van der Waals surface area contributed by atoms with E-state index in [0.717, 1.165) is 0 Å². The molecule has 1 aromatic heterocycles. The van der Waals surface area contributed by atoms with Crippen molar-refractivity contribution in [3.8, 4) is 17.4 Å². The Morgan fingerprint density at radius 3 is 2.49 bits per heavy atom. The lowest BCUT2D eigenvalue weighted by Gasteiger charge is -2.50. The predicted octanol–water partition coefficient (Wildman–Crippen LogP) is 3.56. The highest BCUT2D eigenvalue weighted by atomic mass is 19.4. The molecular formula is C29H24F3N3O10. The van der Waals surface area contributed by atoms with Crippen LogP contribution < -0.4 is 9.47 Å². The van der Waals surface area contributed by atoms with E-state index in [1.54, 1.807) is 49.3 Å². The molecule has 1 unspecified atom stereocenters. The predicted molar refractivity (Wildman–Crippen MR) is 143 cm³/mol. The first kappa shape index (κ1) is 30.2. The summed E-state index contributed by atoms with van der Waals surface area (Å²) in [6.07, 6.45) is -6.02. The van der Waals surface area contributed by atoms with Gasteiger partial charge in [0.05, 0.1) is 28.5 Å². The van der Waals surface area contributed by atoms with E-state index in [4.69, 9.17) is 9.26 Å². The van der Waals surface area contributed by atoms with Crippen molar-refractivity contribution < 1.29 is 56.7 Å². The van der Waals surface area contributed by atoms with Crippen LogP contribution in [0.15, 0.2) is 40.9 Å². The number of hydrogen-bond donors (Lipinski definition) is 2. The number of benzene rings is 2. The van der Waals surface area contributed by atoms with Crippen LogP contribution in [0.4, 0.5) is 18.9 Å². The van der Waals surface area contributed by atoms with Gasteiger partial charge < -0.3 is 24.2 Å². The molecule has 0 aliphatic heterocycles. The summed E-state index contributed by atoms with van der Waals surface area (Å²) in [5.41, 5.74) is -5.09. The quantitative estimate of drug-likeness (QED) is 0.230. The first-order valence-corrected chi connectivity index (χ1v) is 13.6. The van der Waals surface area contributed by atoms with Crippen molar-refractivity contribution in [2.24, 2.45) is 17.8 Å². The lowest BCUT2D eigenvalue weighted by Crippen LogP contribution is -2.66. The molecule has 45 heavy (non-hydrogen) atoms. The van der Waals surface area contributed by atoms with Crippen LogP contribution in [-0.4, -0.2) is 68.6 Å². The highest BCUT2D eigenvalue weighted by molar-refractivity contribution is 6.27. The van der Waals surface area contributed by atoms with Gasteiger partial charge in [-0.05, 0) is 43.6 Å². The van der Waals surface area contributed by atoms with Gasteiger partial charge in [0.1, 0.15) is 17.9 Å². The van der Waals surface area contributed by atoms with Crippen LogP contribution in [-0.2, 0) is 17.8 Å². The Balaban J connectivity index is 1.45. The van der Waals surface area contributed by atoms with Gasteiger partial charge in [0.25, 0.3) is 5.88 Å². The van der Waals surface area contributed by atoms with Crippen molar-refractivity contribution >= 4 is 23.0 Å². The summed E-state index contributed by atoms with van der Waals surface area (Å²) in [6, 6.07) is 8.21. The maximum absolute atomic E-state index is 14.2. The van der Waals surface area contributed by atoms with Crippen LogP contribution in [0.25, 0.3) is 0 Å². The fourth-order valence-electron chi connectivity index (χ4n) is 6.84. The van der Waals surface area contributed by atoms with Gasteiger partial charge in [-0.25, -0.2) is 0 Å². The number of carbonyl (C=O) groups excluding carboxylic acids is 3. The molecule has 0 radical (unpaired) electrons. The van der Waals surface area contributed by atoms with E-state index in [9.17, 15) is 47.9 Å². The van der Waals surface area contributed by atoms with Crippen molar-refractivity contribution in [3.05, 3.63) is 74.5 Å². The summed E-state index contributed by atoms with van der Waals surface area (Å²) in [7, 11) is 3.17. The number of hydrogen-bond acceptors (Lipinski definition) is 12. The van der Waals surface area contributed by atoms with Crippen LogP contribution in [0.3, 0.4) is 0 Å². The Bertz CT molecular complexity index is 1760. The number of ketones is 3. The Labute approximate surface area is 251 Å². The Morgan fingerprint density at radius 2 is 1.87 bits per heavy atom. The molecule has 1 saturated carbocycles. The maximum atomic E-state index is 14.2. The summed E-state index contributed by atoms with van der Waals surface area (Å²) in [5, 5.41) is 38.1. The van der Waals surface area contributed by atoms with E-state index in [-0.39, 0.29) is 30.2 Å². The minimum absolute atomic E-state index is 0.00844. The number of carbonyl (C=O) groups is 3. The Morgan fingerprint density at radius 1 is 1.18 bits per heavy atom. The van der Waals surface area contributed by atoms with Crippen molar-refractivity contribution in [1.29, 1.82) is 0 Å². The number of rotatable bonds is 6. The Hall–Kier alpha value is -4.83. The van der Waals surface area contributed by atoms with E-state index in [2.05, 4.69) is 9.89 Å². The van der Waals surface area contributed by atoms with Gasteiger partial charge in [-0.2, -0.15) is 0 Å². The topological polar surface area (TPSA) is 183 Å². The van der Waals surface area contributed by atoms with E-state index < -0.39 is 92.8 Å². The summed E-state index contributed by atoms with van der Waals surface area (Å²) in [5.74, 6) is -10.5. The number of halogens is 3. The lowest BCUT2D eigenvalue weighted by molar-refractivity contribution is -0.386. The third kappa shape index (κ3) is 4.63. The fraction of sp³-hybridized carbons (Fsp3) is 0.379. The van der Waals surface area contributed by atoms with Crippen LogP contribution in [0, 0.1) is 27.9 Å². The number of aromatic hydroxyl groups is 1. The molecule has 0 bridgehead atoms. The number of ether oxygens (including phenoxy) is 2. The van der Waals surface area contributed by atoms with Crippen LogP contribution in [0.1, 0.15) is 50.1 Å². The Kier molecular flexibility index (Phi) is 6.96. The SMILES string of the molecule is CN(C)[C@@H]1c2onc(OCc3ccccc3)c2C(=O)[C@@]2(O)C(=O)C3C(=O)c4c(O)c([N+](=O)[O-])cc(OC(F)(F)F)c4C[C@H]3C[C@@H]12. The minimum atomic E-state index is -5.31. The molecule has 0 amide bonds. The van der Waals surface area contributed by atoms with Crippen molar-refractivity contribution in [2.45, 2.75) is 37.5 Å². The molecule has 0 spiro atoms. The van der Waals surface area contributed by atoms with E-state index >= 15 is 0 Å². The number of nitro benzene ring substituents is 1. The molecule has 236 valence electrons. The second-order valence-electron chi connectivity index (χ2n) is 11.4. The third-order valence-corrected chi connectivity index (χ3v) is 8.67. The van der Waals surface area contributed by atoms with Crippen LogP contribution in [0.5, 0.6) is 17.4 Å². The monoisotopic (exact) mass is 631 g/mol. The molecule has 16 heteroatoms. The van der Waals surface area contributed by atoms with Gasteiger partial charge in [0, 0.05) is 11.5 Å². The lowest BCUT2D eigenvalue weighted by atomic mass is 9.54. The minimum Gasteiger partial charge on any atom is -0.502 e. The molecule has 1 fully saturated rings. The zero-order valence-electron chi connectivity index (χ0n) is 23.5. The molecule has 1 heterocycles. The zero-order valence-corrected chi connectivity index (χ0v) is 23.5. The summed E-state index contributed by atoms with van der Waals surface area (Å²) in [6.45, 7) is -0.0458. The number of nitro groups is 1. The molecule has 5 atom stereocenters. The maximum Gasteiger partial charge on any atom is 0.573 e. The standard InChI is InChI=1S/C29H24F3N3O10/c1-34(2)21-15-9-13-8-14-17(44-29(30,31)32)10-16(35(41)42)22(36)19(14)23(37)18(13)25(38)28(15,40)26(39)20-24(21)45-33-27(20)43-11-12-6-4-3-5-7-12/h3-7,10,13,15,18,21,36,40H,8-9,11H2,1-2H3/t13-,15-,18?,21-,28-/m0/s1. The van der Waals surface area contributed by atoms with Gasteiger partial charge in [0.2, 0.25) is 11.5 Å². The van der Waals surface area contributed by atoms with Gasteiger partial charge in [-0.3, -0.25) is 29.4 Å². The van der Waals surface area contributed by atoms with Crippen LogP contribution >= 0.6 is 0 Å². The molecule has 2 aromatic carbocycles. The van der Waals surface area contributed by atoms with Gasteiger partial charge >= 0.3 is 12.0 Å². The third-order valence-electron chi connectivity index (χ3n) is 8.67. The molecular weight excluding hydrogens is 607 g/mol. The van der Waals surface area contributed by atoms with Crippen LogP contribution in [0.2, 0.25) is 0 Å². The van der Waals surface area contributed by atoms with E-state index in [0.29, 0.717) is 11.6 Å². The zero-order chi connectivity index (χ0) is 32.6. The van der Waals surface area contributed by atoms with Gasteiger partial charge in [-0.15, -0.1) is 13.2 Å². The smallest absolute Gasteiger partial charge is 0.502 e. The average Bonchev–Trinajstić information content (AvgIpc) is 3.38. The van der Waals surface area contributed by atoms with Crippen molar-refractivity contribution in [2.75, 3.05) is 14.1 Å². The number of phenols is 1. The summed E-state index contributed by atoms with van der Waals surface area (Å²) >= 11 is 0. The number of phenolic OH excluding ortho intramolecular Hbond substituents is 1. The van der Waals surface area contributed by atoms with Crippen molar-refractivity contribution in [3.63, 3.8) is 0 Å². The number of nitrogens with zero attached hydrogens (tertiary/aromatic N) is 3. The first-order chi connectivity index (χ1) is 21.1. The number of Topliss-reactive ketones (excluding diaryl/α,β-unsaturated/α-hetero) is 3. The average molecular weight is 632 g/mol. The molecule has 3 aliphatic carbocycles. The van der Waals surface area contributed by atoms with Gasteiger partial charge in [0.15, 0.2) is 22.9 Å². The summed E-state index contributed by atoms with van der Waals surface area (Å²) in [4.78, 5) is 53.9. The molecule has 6 rings (SSSR count). The molecule has 3 aromatic rings. The highest BCUT2D eigenvalue weighted by Crippen LogP contribution is 2.57. The summed E-state index contributed by atoms with van der Waals surface area (Å²) < 4.78 is 55.1. The second kappa shape index (κ2) is 10.4. The molecule has 13 nitrogen and oxygen atoms in total. The highest BCUT2D eigenvalue weighted by Gasteiger charge is 2.67. The van der Waals surface area contributed by atoms with E-state index in [1.807, 2.05) is 0 Å². The number of fused-ring (bicyclic) bond motifs is 4. The van der Waals surface area contributed by atoms with E-state index in [1.165, 1.54) is 0 Å². The first-order valence-electron chi connectivity index (χ1n) is 13.6. The molecule has 0 saturated heterocycles. The molecule has 3 aliphatic rings. The number of aromatic nitrogens is 1. The molecule has 2 N–H and O–H groups in total. The normalized spacial score (nSPS) is 25.7. The second-order valence-corrected chi connectivity index (χ2v) is 11.4. The van der Waals surface area contributed by atoms with Crippen molar-refractivity contribution in [1.82, 2.24) is 10.1 Å².